The van der Waals surface area contributed by atoms with E-state index in [2.05, 4.69) is 11.5 Å². The molecule has 1 fully saturated rings. The Morgan fingerprint density at radius 3 is 2.57 bits per heavy atom. The molecule has 0 bridgehead atoms. The molecule has 0 unspecified atom stereocenters. The molecule has 0 aliphatic heterocycles. The first kappa shape index (κ1) is 14.5. The Morgan fingerprint density at radius 2 is 1.95 bits per heavy atom. The SMILES string of the molecule is CCn1c(C2(CN)CCCCCC2)nc2ccc(F)cc21. The van der Waals surface area contributed by atoms with Gasteiger partial charge in [0.25, 0.3) is 0 Å². The van der Waals surface area contributed by atoms with E-state index < -0.39 is 0 Å². The van der Waals surface area contributed by atoms with Crippen LogP contribution in [0.1, 0.15) is 51.3 Å². The maximum Gasteiger partial charge on any atom is 0.125 e. The van der Waals surface area contributed by atoms with Gasteiger partial charge in [0, 0.05) is 18.5 Å². The highest BCUT2D eigenvalue weighted by Crippen LogP contribution is 2.38. The van der Waals surface area contributed by atoms with E-state index in [0.717, 1.165) is 36.2 Å². The average Bonchev–Trinajstić information content (AvgIpc) is 2.70. The van der Waals surface area contributed by atoms with Gasteiger partial charge in [-0.2, -0.15) is 0 Å². The number of aromatic nitrogens is 2. The molecule has 21 heavy (non-hydrogen) atoms. The number of nitrogens with two attached hydrogens (primary N) is 1. The molecule has 0 amide bonds. The van der Waals surface area contributed by atoms with Crippen LogP contribution in [0.4, 0.5) is 4.39 Å². The highest BCUT2D eigenvalue weighted by Gasteiger charge is 2.36. The van der Waals surface area contributed by atoms with Gasteiger partial charge in [0.15, 0.2) is 0 Å². The minimum atomic E-state index is -0.202. The summed E-state index contributed by atoms with van der Waals surface area (Å²) in [5, 5.41) is 0. The summed E-state index contributed by atoms with van der Waals surface area (Å²) in [7, 11) is 0. The smallest absolute Gasteiger partial charge is 0.125 e. The average molecular weight is 289 g/mol. The Bertz CT molecular complexity index is 624. The van der Waals surface area contributed by atoms with Crippen molar-refractivity contribution in [2.24, 2.45) is 5.73 Å². The predicted molar refractivity (Wildman–Crippen MR) is 83.8 cm³/mol. The largest absolute Gasteiger partial charge is 0.329 e. The lowest BCUT2D eigenvalue weighted by Gasteiger charge is -2.31. The first-order valence-electron chi connectivity index (χ1n) is 8.06. The molecule has 2 aromatic rings. The van der Waals surface area contributed by atoms with E-state index in [4.69, 9.17) is 10.7 Å². The number of benzene rings is 1. The summed E-state index contributed by atoms with van der Waals surface area (Å²) in [5.41, 5.74) is 7.92. The molecule has 1 aliphatic rings. The quantitative estimate of drug-likeness (QED) is 0.875. The van der Waals surface area contributed by atoms with Gasteiger partial charge in [0.1, 0.15) is 11.6 Å². The van der Waals surface area contributed by atoms with Crippen molar-refractivity contribution >= 4 is 11.0 Å². The summed E-state index contributed by atoms with van der Waals surface area (Å²) in [5.74, 6) is 0.862. The Kier molecular flexibility index (Phi) is 3.98. The number of hydrogen-bond acceptors (Lipinski definition) is 2. The second-order valence-electron chi connectivity index (χ2n) is 6.21. The monoisotopic (exact) mass is 289 g/mol. The lowest BCUT2D eigenvalue weighted by Crippen LogP contribution is -2.37. The van der Waals surface area contributed by atoms with Crippen molar-refractivity contribution in [2.75, 3.05) is 6.54 Å². The van der Waals surface area contributed by atoms with Gasteiger partial charge in [-0.05, 0) is 38.0 Å². The molecule has 3 rings (SSSR count). The van der Waals surface area contributed by atoms with Gasteiger partial charge >= 0.3 is 0 Å². The van der Waals surface area contributed by atoms with Gasteiger partial charge in [-0.1, -0.05) is 25.7 Å². The van der Waals surface area contributed by atoms with Crippen molar-refractivity contribution in [3.05, 3.63) is 29.8 Å². The van der Waals surface area contributed by atoms with Crippen LogP contribution in [0.15, 0.2) is 18.2 Å². The first-order chi connectivity index (χ1) is 10.2. The fraction of sp³-hybridized carbons (Fsp3) is 0.588. The number of halogens is 1. The summed E-state index contributed by atoms with van der Waals surface area (Å²) in [6.45, 7) is 3.52. The Hall–Kier alpha value is -1.42. The fourth-order valence-electron chi connectivity index (χ4n) is 3.75. The van der Waals surface area contributed by atoms with Gasteiger partial charge in [-0.3, -0.25) is 0 Å². The molecule has 1 heterocycles. The lowest BCUT2D eigenvalue weighted by molar-refractivity contribution is 0.347. The molecule has 0 radical (unpaired) electrons. The van der Waals surface area contributed by atoms with Crippen LogP contribution in [0.2, 0.25) is 0 Å². The summed E-state index contributed by atoms with van der Waals surface area (Å²) < 4.78 is 15.7. The predicted octanol–water partition coefficient (Wildman–Crippen LogP) is 3.75. The molecule has 1 saturated carbocycles. The molecule has 0 spiro atoms. The van der Waals surface area contributed by atoms with Crippen LogP contribution in [0.3, 0.4) is 0 Å². The van der Waals surface area contributed by atoms with Gasteiger partial charge in [0.2, 0.25) is 0 Å². The summed E-state index contributed by atoms with van der Waals surface area (Å²) >= 11 is 0. The van der Waals surface area contributed by atoms with E-state index in [1.54, 1.807) is 12.1 Å². The van der Waals surface area contributed by atoms with E-state index in [1.165, 1.54) is 31.7 Å². The zero-order chi connectivity index (χ0) is 14.9. The van der Waals surface area contributed by atoms with Crippen LogP contribution in [0, 0.1) is 5.82 Å². The van der Waals surface area contributed by atoms with E-state index in [0.29, 0.717) is 6.54 Å². The van der Waals surface area contributed by atoms with Crippen molar-refractivity contribution in [3.8, 4) is 0 Å². The molecule has 1 aliphatic carbocycles. The van der Waals surface area contributed by atoms with Crippen molar-refractivity contribution in [1.29, 1.82) is 0 Å². The van der Waals surface area contributed by atoms with Crippen molar-refractivity contribution in [1.82, 2.24) is 9.55 Å². The molecule has 4 heteroatoms. The van der Waals surface area contributed by atoms with Crippen LogP contribution in [-0.4, -0.2) is 16.1 Å². The molecule has 114 valence electrons. The molecular formula is C17H24FN3. The van der Waals surface area contributed by atoms with Crippen molar-refractivity contribution < 1.29 is 4.39 Å². The van der Waals surface area contributed by atoms with Gasteiger partial charge in [-0.25, -0.2) is 9.37 Å². The first-order valence-corrected chi connectivity index (χ1v) is 8.06. The maximum atomic E-state index is 13.6. The second kappa shape index (κ2) is 5.76. The molecule has 0 atom stereocenters. The third-order valence-corrected chi connectivity index (χ3v) is 4.95. The Labute approximate surface area is 125 Å². The van der Waals surface area contributed by atoms with Crippen LogP contribution in [0.5, 0.6) is 0 Å². The van der Waals surface area contributed by atoms with Crippen LogP contribution in [0.25, 0.3) is 11.0 Å². The van der Waals surface area contributed by atoms with Crippen molar-refractivity contribution in [3.63, 3.8) is 0 Å². The third kappa shape index (κ3) is 2.46. The maximum absolute atomic E-state index is 13.6. The van der Waals surface area contributed by atoms with Gasteiger partial charge < -0.3 is 10.3 Å². The second-order valence-corrected chi connectivity index (χ2v) is 6.21. The third-order valence-electron chi connectivity index (χ3n) is 4.95. The normalized spacial score (nSPS) is 18.8. The molecule has 1 aromatic heterocycles. The number of fused-ring (bicyclic) bond motifs is 1. The zero-order valence-electron chi connectivity index (χ0n) is 12.7. The van der Waals surface area contributed by atoms with Crippen LogP contribution < -0.4 is 5.73 Å². The Morgan fingerprint density at radius 1 is 1.24 bits per heavy atom. The van der Waals surface area contributed by atoms with E-state index in [9.17, 15) is 4.39 Å². The number of nitrogens with zero attached hydrogens (tertiary/aromatic N) is 2. The molecule has 1 aromatic carbocycles. The fourth-order valence-corrected chi connectivity index (χ4v) is 3.75. The van der Waals surface area contributed by atoms with Gasteiger partial charge in [0.05, 0.1) is 11.0 Å². The number of hydrogen-bond donors (Lipinski definition) is 1. The standard InChI is InChI=1S/C17H24FN3/c1-2-21-15-11-13(18)7-8-14(15)20-16(21)17(12-19)9-5-3-4-6-10-17/h7-8,11H,2-6,9-10,12,19H2,1H3. The molecule has 0 saturated heterocycles. The Balaban J connectivity index is 2.17. The van der Waals surface area contributed by atoms with E-state index >= 15 is 0 Å². The van der Waals surface area contributed by atoms with Crippen molar-refractivity contribution in [2.45, 2.75) is 57.4 Å². The minimum absolute atomic E-state index is 0.0397. The molecule has 2 N–H and O–H groups in total. The van der Waals surface area contributed by atoms with Crippen LogP contribution in [-0.2, 0) is 12.0 Å². The zero-order valence-corrected chi connectivity index (χ0v) is 12.7. The van der Waals surface area contributed by atoms with E-state index in [1.807, 2.05) is 0 Å². The summed E-state index contributed by atoms with van der Waals surface area (Å²) in [6.07, 6.45) is 7.16. The lowest BCUT2D eigenvalue weighted by atomic mass is 9.79. The molecular weight excluding hydrogens is 265 g/mol. The minimum Gasteiger partial charge on any atom is -0.329 e. The number of rotatable bonds is 3. The topological polar surface area (TPSA) is 43.8 Å². The summed E-state index contributed by atoms with van der Waals surface area (Å²) in [4.78, 5) is 4.85. The highest BCUT2D eigenvalue weighted by molar-refractivity contribution is 5.76. The van der Waals surface area contributed by atoms with Crippen LogP contribution >= 0.6 is 0 Å². The summed E-state index contributed by atoms with van der Waals surface area (Å²) in [6, 6.07) is 4.86. The number of imidazole rings is 1. The highest BCUT2D eigenvalue weighted by atomic mass is 19.1. The van der Waals surface area contributed by atoms with E-state index in [-0.39, 0.29) is 11.2 Å². The van der Waals surface area contributed by atoms with Gasteiger partial charge in [-0.15, -0.1) is 0 Å². The number of aryl methyl sites for hydroxylation is 1. The molecule has 3 nitrogen and oxygen atoms in total.